The van der Waals surface area contributed by atoms with Crippen LogP contribution in [-0.2, 0) is 16.4 Å². The summed E-state index contributed by atoms with van der Waals surface area (Å²) in [5.41, 5.74) is 1.14. The molecule has 1 aromatic heterocycles. The zero-order valence-electron chi connectivity index (χ0n) is 13.2. The third kappa shape index (κ3) is 3.79. The maximum absolute atomic E-state index is 11.6. The Morgan fingerprint density at radius 3 is 2.45 bits per heavy atom. The predicted molar refractivity (Wildman–Crippen MR) is 88.5 cm³/mol. The average Bonchev–Trinajstić information content (AvgIpc) is 3.01. The van der Waals surface area contributed by atoms with Crippen LogP contribution in [0.2, 0.25) is 0 Å². The van der Waals surface area contributed by atoms with Gasteiger partial charge in [-0.2, -0.15) is 0 Å². The second-order valence-corrected chi connectivity index (χ2v) is 8.47. The van der Waals surface area contributed by atoms with E-state index in [0.29, 0.717) is 19.0 Å². The average molecular weight is 323 g/mol. The van der Waals surface area contributed by atoms with Crippen LogP contribution in [-0.4, -0.2) is 50.1 Å². The summed E-state index contributed by atoms with van der Waals surface area (Å²) in [6.45, 7) is 3.52. The third-order valence-electron chi connectivity index (χ3n) is 4.76. The van der Waals surface area contributed by atoms with Gasteiger partial charge in [-0.3, -0.25) is 0 Å². The van der Waals surface area contributed by atoms with Gasteiger partial charge in [0.05, 0.1) is 6.26 Å². The van der Waals surface area contributed by atoms with Gasteiger partial charge in [-0.05, 0) is 50.2 Å². The first-order valence-electron chi connectivity index (χ1n) is 8.18. The van der Waals surface area contributed by atoms with Gasteiger partial charge >= 0.3 is 0 Å². The van der Waals surface area contributed by atoms with Gasteiger partial charge in [-0.25, -0.2) is 17.7 Å². The van der Waals surface area contributed by atoms with Crippen molar-refractivity contribution in [2.75, 3.05) is 37.3 Å². The number of hydrogen-bond acceptors (Lipinski definition) is 4. The van der Waals surface area contributed by atoms with Crippen LogP contribution in [0.1, 0.15) is 31.4 Å². The SMILES string of the molecule is CS(=O)(=O)N1CCC(Cc2cccc(N3CCCC3)n2)CC1. The summed E-state index contributed by atoms with van der Waals surface area (Å²) in [7, 11) is -3.03. The summed E-state index contributed by atoms with van der Waals surface area (Å²) >= 11 is 0. The molecule has 0 bridgehead atoms. The van der Waals surface area contributed by atoms with E-state index < -0.39 is 10.0 Å². The Morgan fingerprint density at radius 1 is 1.14 bits per heavy atom. The number of anilines is 1. The molecule has 2 saturated heterocycles. The molecule has 0 spiro atoms. The smallest absolute Gasteiger partial charge is 0.211 e. The molecule has 1 aromatic rings. The van der Waals surface area contributed by atoms with E-state index in [9.17, 15) is 8.42 Å². The number of piperidine rings is 1. The lowest BCUT2D eigenvalue weighted by Crippen LogP contribution is -2.38. The molecule has 5 nitrogen and oxygen atoms in total. The summed E-state index contributed by atoms with van der Waals surface area (Å²) in [5, 5.41) is 0. The molecule has 0 radical (unpaired) electrons. The van der Waals surface area contributed by atoms with E-state index in [1.54, 1.807) is 4.31 Å². The minimum Gasteiger partial charge on any atom is -0.357 e. The molecule has 6 heteroatoms. The van der Waals surface area contributed by atoms with Crippen molar-refractivity contribution in [1.82, 2.24) is 9.29 Å². The van der Waals surface area contributed by atoms with Crippen LogP contribution < -0.4 is 4.90 Å². The van der Waals surface area contributed by atoms with Crippen LogP contribution in [0.15, 0.2) is 18.2 Å². The molecule has 0 aliphatic carbocycles. The first-order valence-corrected chi connectivity index (χ1v) is 10.0. The highest BCUT2D eigenvalue weighted by Crippen LogP contribution is 2.24. The second kappa shape index (κ2) is 6.54. The van der Waals surface area contributed by atoms with Gasteiger partial charge in [0.15, 0.2) is 0 Å². The van der Waals surface area contributed by atoms with Crippen LogP contribution in [0.5, 0.6) is 0 Å². The predicted octanol–water partition coefficient (Wildman–Crippen LogP) is 1.90. The molecule has 0 aromatic carbocycles. The molecular weight excluding hydrogens is 298 g/mol. The maximum Gasteiger partial charge on any atom is 0.211 e. The van der Waals surface area contributed by atoms with E-state index in [1.165, 1.54) is 19.1 Å². The van der Waals surface area contributed by atoms with Crippen molar-refractivity contribution < 1.29 is 8.42 Å². The van der Waals surface area contributed by atoms with Gasteiger partial charge in [0, 0.05) is 31.9 Å². The van der Waals surface area contributed by atoms with Crippen molar-refractivity contribution in [2.45, 2.75) is 32.1 Å². The van der Waals surface area contributed by atoms with Crippen molar-refractivity contribution in [1.29, 1.82) is 0 Å². The zero-order chi connectivity index (χ0) is 15.6. The zero-order valence-corrected chi connectivity index (χ0v) is 14.1. The van der Waals surface area contributed by atoms with E-state index in [4.69, 9.17) is 4.98 Å². The Hall–Kier alpha value is -1.14. The van der Waals surface area contributed by atoms with Gasteiger partial charge < -0.3 is 4.90 Å². The number of rotatable bonds is 4. The summed E-state index contributed by atoms with van der Waals surface area (Å²) in [6.07, 6.45) is 6.64. The van der Waals surface area contributed by atoms with Gasteiger partial charge in [-0.15, -0.1) is 0 Å². The Kier molecular flexibility index (Phi) is 4.68. The Morgan fingerprint density at radius 2 is 1.82 bits per heavy atom. The first kappa shape index (κ1) is 15.7. The summed E-state index contributed by atoms with van der Waals surface area (Å²) < 4.78 is 24.7. The summed E-state index contributed by atoms with van der Waals surface area (Å²) in [4.78, 5) is 7.17. The quantitative estimate of drug-likeness (QED) is 0.849. The van der Waals surface area contributed by atoms with E-state index in [2.05, 4.69) is 23.1 Å². The van der Waals surface area contributed by atoms with Crippen LogP contribution in [0, 0.1) is 5.92 Å². The Bertz CT molecular complexity index is 604. The molecule has 0 amide bonds. The standard InChI is InChI=1S/C16H25N3O2S/c1-22(20,21)19-11-7-14(8-12-19)13-15-5-4-6-16(17-15)18-9-2-3-10-18/h4-6,14H,2-3,7-13H2,1H3. The molecule has 2 aliphatic rings. The summed E-state index contributed by atoms with van der Waals surface area (Å²) in [6, 6.07) is 6.30. The number of aromatic nitrogens is 1. The normalized spacial score (nSPS) is 21.4. The van der Waals surface area contributed by atoms with Crippen molar-refractivity contribution in [2.24, 2.45) is 5.92 Å². The van der Waals surface area contributed by atoms with Crippen LogP contribution in [0.4, 0.5) is 5.82 Å². The molecule has 0 N–H and O–H groups in total. The highest BCUT2D eigenvalue weighted by Gasteiger charge is 2.25. The van der Waals surface area contributed by atoms with Gasteiger partial charge in [0.25, 0.3) is 0 Å². The molecule has 22 heavy (non-hydrogen) atoms. The fourth-order valence-electron chi connectivity index (χ4n) is 3.44. The molecule has 122 valence electrons. The van der Waals surface area contributed by atoms with Crippen LogP contribution >= 0.6 is 0 Å². The number of sulfonamides is 1. The summed E-state index contributed by atoms with van der Waals surface area (Å²) in [5.74, 6) is 1.64. The van der Waals surface area contributed by atoms with E-state index in [-0.39, 0.29) is 0 Å². The Labute approximate surface area is 133 Å². The van der Waals surface area contributed by atoms with Crippen molar-refractivity contribution in [3.8, 4) is 0 Å². The van der Waals surface area contributed by atoms with Gasteiger partial charge in [-0.1, -0.05) is 6.07 Å². The molecule has 0 saturated carbocycles. The largest absolute Gasteiger partial charge is 0.357 e. The highest BCUT2D eigenvalue weighted by molar-refractivity contribution is 7.88. The highest BCUT2D eigenvalue weighted by atomic mass is 32.2. The van der Waals surface area contributed by atoms with Crippen molar-refractivity contribution in [3.05, 3.63) is 23.9 Å². The Balaban J connectivity index is 1.59. The lowest BCUT2D eigenvalue weighted by molar-refractivity contribution is 0.273. The lowest BCUT2D eigenvalue weighted by atomic mass is 9.93. The van der Waals surface area contributed by atoms with E-state index >= 15 is 0 Å². The van der Waals surface area contributed by atoms with Gasteiger partial charge in [0.2, 0.25) is 10.0 Å². The molecule has 3 rings (SSSR count). The van der Waals surface area contributed by atoms with Crippen molar-refractivity contribution in [3.63, 3.8) is 0 Å². The minimum absolute atomic E-state index is 0.541. The first-order chi connectivity index (χ1) is 10.5. The topological polar surface area (TPSA) is 53.5 Å². The van der Waals surface area contributed by atoms with Gasteiger partial charge in [0.1, 0.15) is 5.82 Å². The molecule has 3 heterocycles. The second-order valence-electron chi connectivity index (χ2n) is 6.49. The molecule has 2 aliphatic heterocycles. The lowest BCUT2D eigenvalue weighted by Gasteiger charge is -2.30. The maximum atomic E-state index is 11.6. The molecular formula is C16H25N3O2S. The van der Waals surface area contributed by atoms with Crippen molar-refractivity contribution >= 4 is 15.8 Å². The number of nitrogens with zero attached hydrogens (tertiary/aromatic N) is 3. The molecule has 0 atom stereocenters. The monoisotopic (exact) mass is 323 g/mol. The fourth-order valence-corrected chi connectivity index (χ4v) is 4.32. The third-order valence-corrected chi connectivity index (χ3v) is 6.07. The minimum atomic E-state index is -3.03. The molecule has 0 unspecified atom stereocenters. The number of pyridine rings is 1. The van der Waals surface area contributed by atoms with Crippen LogP contribution in [0.3, 0.4) is 0 Å². The number of hydrogen-bond donors (Lipinski definition) is 0. The van der Waals surface area contributed by atoms with E-state index in [1.807, 2.05) is 0 Å². The fraction of sp³-hybridized carbons (Fsp3) is 0.688. The van der Waals surface area contributed by atoms with E-state index in [0.717, 1.165) is 43.9 Å². The molecule has 2 fully saturated rings. The van der Waals surface area contributed by atoms with Crippen LogP contribution in [0.25, 0.3) is 0 Å².